The van der Waals surface area contributed by atoms with Gasteiger partial charge in [-0.2, -0.15) is 4.68 Å². The maximum Gasteiger partial charge on any atom is 0.297 e. The molecule has 1 aliphatic heterocycles. The molecule has 0 spiro atoms. The standard InChI is InChI=1S/C17H24N3/c1-14-9-11-20(12-10-14)17-13-16(18(2)19(17)3)15-7-5-4-6-8-15/h4-8,13-14H,9-12H2,1-3H3/q+1. The van der Waals surface area contributed by atoms with Crippen LogP contribution in [0.15, 0.2) is 36.4 Å². The van der Waals surface area contributed by atoms with Crippen LogP contribution in [0.1, 0.15) is 19.8 Å². The van der Waals surface area contributed by atoms with E-state index >= 15 is 0 Å². The third-order valence-electron chi connectivity index (χ3n) is 4.57. The number of aromatic nitrogens is 2. The Hall–Kier alpha value is -1.77. The Morgan fingerprint density at radius 2 is 1.75 bits per heavy atom. The van der Waals surface area contributed by atoms with Gasteiger partial charge in [0.15, 0.2) is 0 Å². The second kappa shape index (κ2) is 5.31. The van der Waals surface area contributed by atoms with Crippen LogP contribution in [0, 0.1) is 5.92 Å². The average Bonchev–Trinajstić information content (AvgIpc) is 2.77. The fraction of sp³-hybridized carbons (Fsp3) is 0.471. The first-order valence-corrected chi connectivity index (χ1v) is 7.53. The van der Waals surface area contributed by atoms with E-state index in [4.69, 9.17) is 0 Å². The minimum absolute atomic E-state index is 0.869. The van der Waals surface area contributed by atoms with E-state index in [0.717, 1.165) is 5.92 Å². The van der Waals surface area contributed by atoms with Crippen LogP contribution in [-0.4, -0.2) is 17.8 Å². The zero-order valence-electron chi connectivity index (χ0n) is 12.7. The van der Waals surface area contributed by atoms with Gasteiger partial charge >= 0.3 is 0 Å². The molecule has 3 heteroatoms. The van der Waals surface area contributed by atoms with Crippen molar-refractivity contribution >= 4 is 5.82 Å². The van der Waals surface area contributed by atoms with Gasteiger partial charge in [-0.15, -0.1) is 0 Å². The molecule has 0 amide bonds. The molecule has 0 atom stereocenters. The lowest BCUT2D eigenvalue weighted by atomic mass is 9.99. The third kappa shape index (κ3) is 2.33. The summed E-state index contributed by atoms with van der Waals surface area (Å²) in [5.74, 6) is 2.20. The van der Waals surface area contributed by atoms with Gasteiger partial charge < -0.3 is 0 Å². The van der Waals surface area contributed by atoms with Crippen molar-refractivity contribution in [2.24, 2.45) is 20.0 Å². The summed E-state index contributed by atoms with van der Waals surface area (Å²) >= 11 is 0. The number of anilines is 1. The van der Waals surface area contributed by atoms with Crippen molar-refractivity contribution in [3.8, 4) is 11.3 Å². The summed E-state index contributed by atoms with van der Waals surface area (Å²) < 4.78 is 4.50. The molecule has 0 N–H and O–H groups in total. The molecule has 2 heterocycles. The van der Waals surface area contributed by atoms with Gasteiger partial charge in [-0.05, 0) is 18.8 Å². The van der Waals surface area contributed by atoms with Gasteiger partial charge in [0.1, 0.15) is 7.05 Å². The molecule has 0 bridgehead atoms. The average molecular weight is 270 g/mol. The van der Waals surface area contributed by atoms with Crippen molar-refractivity contribution < 1.29 is 4.68 Å². The first-order valence-electron chi connectivity index (χ1n) is 7.53. The molecule has 3 nitrogen and oxygen atoms in total. The molecule has 20 heavy (non-hydrogen) atoms. The molecule has 1 fully saturated rings. The van der Waals surface area contributed by atoms with Crippen LogP contribution < -0.4 is 9.58 Å². The van der Waals surface area contributed by atoms with Crippen LogP contribution in [0.3, 0.4) is 0 Å². The lowest BCUT2D eigenvalue weighted by molar-refractivity contribution is -0.738. The summed E-state index contributed by atoms with van der Waals surface area (Å²) in [4.78, 5) is 2.52. The Bertz CT molecular complexity index is 578. The molecule has 3 rings (SSSR count). The van der Waals surface area contributed by atoms with Gasteiger partial charge in [-0.1, -0.05) is 37.3 Å². The summed E-state index contributed by atoms with van der Waals surface area (Å²) in [6.07, 6.45) is 2.60. The number of hydrogen-bond donors (Lipinski definition) is 0. The van der Waals surface area contributed by atoms with Crippen LogP contribution in [0.5, 0.6) is 0 Å². The maximum absolute atomic E-state index is 2.52. The zero-order valence-corrected chi connectivity index (χ0v) is 12.7. The quantitative estimate of drug-likeness (QED) is 0.764. The molecule has 1 aromatic carbocycles. The fourth-order valence-electron chi connectivity index (χ4n) is 3.04. The lowest BCUT2D eigenvalue weighted by Gasteiger charge is -2.25. The fourth-order valence-corrected chi connectivity index (χ4v) is 3.04. The van der Waals surface area contributed by atoms with Crippen molar-refractivity contribution in [1.82, 2.24) is 4.68 Å². The van der Waals surface area contributed by atoms with E-state index < -0.39 is 0 Å². The molecule has 0 radical (unpaired) electrons. The van der Waals surface area contributed by atoms with Crippen molar-refractivity contribution in [2.75, 3.05) is 18.0 Å². The summed E-state index contributed by atoms with van der Waals surface area (Å²) in [5.41, 5.74) is 2.56. The Labute approximate surface area is 121 Å². The summed E-state index contributed by atoms with van der Waals surface area (Å²) in [5, 5.41) is 0. The maximum atomic E-state index is 2.52. The first kappa shape index (κ1) is 13.2. The molecule has 0 aliphatic carbocycles. The van der Waals surface area contributed by atoms with E-state index in [0.29, 0.717) is 0 Å². The number of piperidine rings is 1. The highest BCUT2D eigenvalue weighted by molar-refractivity contribution is 5.62. The highest BCUT2D eigenvalue weighted by atomic mass is 15.4. The van der Waals surface area contributed by atoms with E-state index in [2.05, 4.69) is 71.7 Å². The van der Waals surface area contributed by atoms with Gasteiger partial charge in [0.05, 0.1) is 24.8 Å². The number of rotatable bonds is 2. The van der Waals surface area contributed by atoms with Crippen molar-refractivity contribution in [3.05, 3.63) is 36.4 Å². The third-order valence-corrected chi connectivity index (χ3v) is 4.57. The van der Waals surface area contributed by atoms with Gasteiger partial charge in [-0.25, -0.2) is 4.68 Å². The SMILES string of the molecule is CC1CCN(c2cc(-c3ccccc3)n(C)[n+]2C)CC1. The van der Waals surface area contributed by atoms with Crippen LogP contribution in [0.2, 0.25) is 0 Å². The minimum atomic E-state index is 0.869. The Morgan fingerprint density at radius 1 is 1.10 bits per heavy atom. The smallest absolute Gasteiger partial charge is 0.260 e. The molecule has 0 unspecified atom stereocenters. The second-order valence-electron chi connectivity index (χ2n) is 5.97. The normalized spacial score (nSPS) is 16.6. The van der Waals surface area contributed by atoms with Crippen LogP contribution in [0.4, 0.5) is 5.82 Å². The molecule has 2 aromatic rings. The molecule has 1 aliphatic rings. The predicted octanol–water partition coefficient (Wildman–Crippen LogP) is 2.75. The summed E-state index contributed by atoms with van der Waals surface area (Å²) in [6, 6.07) is 13.0. The van der Waals surface area contributed by atoms with Gasteiger partial charge in [0.2, 0.25) is 0 Å². The van der Waals surface area contributed by atoms with Crippen LogP contribution >= 0.6 is 0 Å². The summed E-state index contributed by atoms with van der Waals surface area (Å²) in [7, 11) is 4.29. The minimum Gasteiger partial charge on any atom is -0.260 e. The predicted molar refractivity (Wildman–Crippen MR) is 82.6 cm³/mol. The number of nitrogens with zero attached hydrogens (tertiary/aromatic N) is 3. The Balaban J connectivity index is 1.94. The van der Waals surface area contributed by atoms with E-state index in [1.54, 1.807) is 0 Å². The van der Waals surface area contributed by atoms with Gasteiger partial charge in [0.25, 0.3) is 5.82 Å². The van der Waals surface area contributed by atoms with Gasteiger partial charge in [0, 0.05) is 12.6 Å². The van der Waals surface area contributed by atoms with E-state index in [1.165, 1.54) is 43.0 Å². The van der Waals surface area contributed by atoms with E-state index in [1.807, 2.05) is 0 Å². The number of hydrogen-bond acceptors (Lipinski definition) is 1. The van der Waals surface area contributed by atoms with Crippen molar-refractivity contribution in [2.45, 2.75) is 19.8 Å². The van der Waals surface area contributed by atoms with E-state index in [-0.39, 0.29) is 0 Å². The molecular weight excluding hydrogens is 246 g/mol. The van der Waals surface area contributed by atoms with Crippen molar-refractivity contribution in [3.63, 3.8) is 0 Å². The second-order valence-corrected chi connectivity index (χ2v) is 5.97. The first-order chi connectivity index (χ1) is 9.66. The Morgan fingerprint density at radius 3 is 2.40 bits per heavy atom. The highest BCUT2D eigenvalue weighted by Gasteiger charge is 2.27. The Kier molecular flexibility index (Phi) is 3.51. The molecule has 106 valence electrons. The largest absolute Gasteiger partial charge is 0.297 e. The molecule has 0 saturated carbocycles. The van der Waals surface area contributed by atoms with Crippen LogP contribution in [0.25, 0.3) is 11.3 Å². The highest BCUT2D eigenvalue weighted by Crippen LogP contribution is 2.25. The number of benzene rings is 1. The molecule has 1 saturated heterocycles. The van der Waals surface area contributed by atoms with Gasteiger partial charge in [-0.3, -0.25) is 4.90 Å². The lowest BCUT2D eigenvalue weighted by Crippen LogP contribution is -2.46. The monoisotopic (exact) mass is 270 g/mol. The summed E-state index contributed by atoms with van der Waals surface area (Å²) in [6.45, 7) is 4.71. The van der Waals surface area contributed by atoms with E-state index in [9.17, 15) is 0 Å². The zero-order chi connectivity index (χ0) is 14.1. The topological polar surface area (TPSA) is 12.1 Å². The van der Waals surface area contributed by atoms with Crippen LogP contribution in [-0.2, 0) is 14.1 Å². The molecule has 1 aromatic heterocycles. The molecular formula is C17H24N3+. The van der Waals surface area contributed by atoms with Crippen molar-refractivity contribution in [1.29, 1.82) is 0 Å².